The summed E-state index contributed by atoms with van der Waals surface area (Å²) >= 11 is 0. The van der Waals surface area contributed by atoms with E-state index in [-0.39, 0.29) is 18.2 Å². The van der Waals surface area contributed by atoms with Crippen LogP contribution in [0.15, 0.2) is 42.5 Å². The molecule has 0 bridgehead atoms. The Morgan fingerprint density at radius 1 is 1.11 bits per heavy atom. The zero-order chi connectivity index (χ0) is 19.2. The molecule has 1 saturated heterocycles. The minimum Gasteiger partial charge on any atom is -0.497 e. The molecule has 142 valence electrons. The summed E-state index contributed by atoms with van der Waals surface area (Å²) in [6.07, 6.45) is 1.80. The van der Waals surface area contributed by atoms with E-state index in [1.54, 1.807) is 25.2 Å². The number of benzene rings is 2. The van der Waals surface area contributed by atoms with Crippen LogP contribution in [-0.4, -0.2) is 32.6 Å². The summed E-state index contributed by atoms with van der Waals surface area (Å²) in [5, 5.41) is 2.91. The molecule has 0 unspecified atom stereocenters. The van der Waals surface area contributed by atoms with E-state index in [1.807, 2.05) is 36.4 Å². The molecule has 0 radical (unpaired) electrons. The third-order valence-electron chi connectivity index (χ3n) is 4.66. The van der Waals surface area contributed by atoms with Crippen LogP contribution in [-0.2, 0) is 22.6 Å². The number of methoxy groups -OCH3 is 2. The van der Waals surface area contributed by atoms with E-state index >= 15 is 0 Å². The molecule has 2 aromatic rings. The van der Waals surface area contributed by atoms with Gasteiger partial charge in [0.25, 0.3) is 0 Å². The summed E-state index contributed by atoms with van der Waals surface area (Å²) < 4.78 is 10.5. The standard InChI is InChI=1S/C21H24N2O4/c1-26-18-10-7-16(19(13-18)27-2)14-22-20(24)12-15-5-8-17(9-6-15)23-11-3-4-21(23)25/h5-10,13H,3-4,11-12,14H2,1-2H3,(H,22,24). The van der Waals surface area contributed by atoms with E-state index in [2.05, 4.69) is 5.32 Å². The van der Waals surface area contributed by atoms with Crippen LogP contribution in [0, 0.1) is 0 Å². The Labute approximate surface area is 159 Å². The summed E-state index contributed by atoms with van der Waals surface area (Å²) in [6, 6.07) is 13.1. The first-order valence-corrected chi connectivity index (χ1v) is 8.97. The molecular weight excluding hydrogens is 344 g/mol. The summed E-state index contributed by atoms with van der Waals surface area (Å²) in [6.45, 7) is 1.15. The fourth-order valence-corrected chi connectivity index (χ4v) is 3.15. The van der Waals surface area contributed by atoms with Crippen molar-refractivity contribution in [3.8, 4) is 11.5 Å². The third kappa shape index (κ3) is 4.58. The Kier molecular flexibility index (Phi) is 5.96. The highest BCUT2D eigenvalue weighted by molar-refractivity contribution is 5.95. The molecule has 6 nitrogen and oxygen atoms in total. The lowest BCUT2D eigenvalue weighted by atomic mass is 10.1. The molecule has 2 amide bonds. The normalized spacial score (nSPS) is 13.6. The van der Waals surface area contributed by atoms with Crippen molar-refractivity contribution < 1.29 is 19.1 Å². The van der Waals surface area contributed by atoms with Crippen LogP contribution in [0.3, 0.4) is 0 Å². The van der Waals surface area contributed by atoms with Gasteiger partial charge in [-0.15, -0.1) is 0 Å². The molecular formula is C21H24N2O4. The highest BCUT2D eigenvalue weighted by Gasteiger charge is 2.21. The number of carbonyl (C=O) groups excluding carboxylic acids is 2. The van der Waals surface area contributed by atoms with Crippen molar-refractivity contribution in [3.05, 3.63) is 53.6 Å². The van der Waals surface area contributed by atoms with Crippen LogP contribution in [0.25, 0.3) is 0 Å². The lowest BCUT2D eigenvalue weighted by molar-refractivity contribution is -0.120. The number of anilines is 1. The Morgan fingerprint density at radius 2 is 1.89 bits per heavy atom. The quantitative estimate of drug-likeness (QED) is 0.816. The predicted molar refractivity (Wildman–Crippen MR) is 103 cm³/mol. The van der Waals surface area contributed by atoms with Crippen LogP contribution >= 0.6 is 0 Å². The van der Waals surface area contributed by atoms with Crippen LogP contribution in [0.5, 0.6) is 11.5 Å². The van der Waals surface area contributed by atoms with E-state index in [4.69, 9.17) is 9.47 Å². The molecule has 1 aliphatic heterocycles. The largest absolute Gasteiger partial charge is 0.497 e. The van der Waals surface area contributed by atoms with E-state index in [1.165, 1.54) is 0 Å². The molecule has 0 atom stereocenters. The summed E-state index contributed by atoms with van der Waals surface area (Å²) in [5.41, 5.74) is 2.68. The minimum absolute atomic E-state index is 0.0714. The van der Waals surface area contributed by atoms with Crippen LogP contribution in [0.1, 0.15) is 24.0 Å². The van der Waals surface area contributed by atoms with Crippen molar-refractivity contribution in [1.29, 1.82) is 0 Å². The Balaban J connectivity index is 1.56. The summed E-state index contributed by atoms with van der Waals surface area (Å²) in [7, 11) is 3.19. The number of ether oxygens (including phenoxy) is 2. The SMILES string of the molecule is COc1ccc(CNC(=O)Cc2ccc(N3CCCC3=O)cc2)c(OC)c1. The molecule has 1 aliphatic rings. The number of hydrogen-bond acceptors (Lipinski definition) is 4. The van der Waals surface area contributed by atoms with Crippen molar-refractivity contribution in [2.24, 2.45) is 0 Å². The molecule has 1 fully saturated rings. The monoisotopic (exact) mass is 368 g/mol. The number of carbonyl (C=O) groups is 2. The lowest BCUT2D eigenvalue weighted by Gasteiger charge is -2.16. The van der Waals surface area contributed by atoms with Gasteiger partial charge in [-0.05, 0) is 36.2 Å². The molecule has 0 saturated carbocycles. The molecule has 1 heterocycles. The van der Waals surface area contributed by atoms with E-state index in [9.17, 15) is 9.59 Å². The molecule has 0 aliphatic carbocycles. The fourth-order valence-electron chi connectivity index (χ4n) is 3.15. The maximum atomic E-state index is 12.3. The smallest absolute Gasteiger partial charge is 0.227 e. The van der Waals surface area contributed by atoms with Gasteiger partial charge in [0.05, 0.1) is 20.6 Å². The van der Waals surface area contributed by atoms with Gasteiger partial charge in [0.1, 0.15) is 11.5 Å². The highest BCUT2D eigenvalue weighted by atomic mass is 16.5. The number of amides is 2. The molecule has 27 heavy (non-hydrogen) atoms. The van der Waals surface area contributed by atoms with Crippen LogP contribution in [0.4, 0.5) is 5.69 Å². The molecule has 1 N–H and O–H groups in total. The third-order valence-corrected chi connectivity index (χ3v) is 4.66. The first-order valence-electron chi connectivity index (χ1n) is 8.97. The van der Waals surface area contributed by atoms with E-state index < -0.39 is 0 Å². The Bertz CT molecular complexity index is 817. The molecule has 2 aromatic carbocycles. The van der Waals surface area contributed by atoms with Crippen molar-refractivity contribution in [1.82, 2.24) is 5.32 Å². The molecule has 0 spiro atoms. The maximum Gasteiger partial charge on any atom is 0.227 e. The van der Waals surface area contributed by atoms with E-state index in [0.29, 0.717) is 24.5 Å². The van der Waals surface area contributed by atoms with Crippen molar-refractivity contribution in [2.45, 2.75) is 25.8 Å². The van der Waals surface area contributed by atoms with Gasteiger partial charge < -0.3 is 19.7 Å². The predicted octanol–water partition coefficient (Wildman–Crippen LogP) is 2.69. The number of nitrogens with one attached hydrogen (secondary N) is 1. The van der Waals surface area contributed by atoms with Gasteiger partial charge in [0, 0.05) is 36.8 Å². The zero-order valence-electron chi connectivity index (χ0n) is 15.7. The van der Waals surface area contributed by atoms with Crippen molar-refractivity contribution >= 4 is 17.5 Å². The number of rotatable bonds is 7. The topological polar surface area (TPSA) is 67.9 Å². The maximum absolute atomic E-state index is 12.3. The van der Waals surface area contributed by atoms with Gasteiger partial charge >= 0.3 is 0 Å². The minimum atomic E-state index is -0.0714. The fraction of sp³-hybridized carbons (Fsp3) is 0.333. The second-order valence-electron chi connectivity index (χ2n) is 6.45. The van der Waals surface area contributed by atoms with Gasteiger partial charge in [-0.1, -0.05) is 12.1 Å². The summed E-state index contributed by atoms with van der Waals surface area (Å²) in [4.78, 5) is 25.8. The van der Waals surface area contributed by atoms with Gasteiger partial charge in [-0.25, -0.2) is 0 Å². The number of hydrogen-bond donors (Lipinski definition) is 1. The first kappa shape index (κ1) is 18.8. The van der Waals surface area contributed by atoms with Gasteiger partial charge in [-0.2, -0.15) is 0 Å². The Hall–Kier alpha value is -3.02. The lowest BCUT2D eigenvalue weighted by Crippen LogP contribution is -2.25. The molecule has 0 aromatic heterocycles. The van der Waals surface area contributed by atoms with Crippen molar-refractivity contribution in [2.75, 3.05) is 25.7 Å². The van der Waals surface area contributed by atoms with Crippen LogP contribution < -0.4 is 19.7 Å². The second kappa shape index (κ2) is 8.58. The Morgan fingerprint density at radius 3 is 2.52 bits per heavy atom. The van der Waals surface area contributed by atoms with Gasteiger partial charge in [-0.3, -0.25) is 9.59 Å². The molecule has 3 rings (SSSR count). The van der Waals surface area contributed by atoms with Crippen LogP contribution in [0.2, 0.25) is 0 Å². The van der Waals surface area contributed by atoms with Crippen molar-refractivity contribution in [3.63, 3.8) is 0 Å². The zero-order valence-corrected chi connectivity index (χ0v) is 15.7. The molecule has 6 heteroatoms. The van der Waals surface area contributed by atoms with E-state index in [0.717, 1.165) is 29.8 Å². The number of nitrogens with zero attached hydrogens (tertiary/aromatic N) is 1. The first-order chi connectivity index (χ1) is 13.1. The average Bonchev–Trinajstić information content (AvgIpc) is 3.12. The van der Waals surface area contributed by atoms with Gasteiger partial charge in [0.2, 0.25) is 11.8 Å². The second-order valence-corrected chi connectivity index (χ2v) is 6.45. The summed E-state index contributed by atoms with van der Waals surface area (Å²) in [5.74, 6) is 1.47. The average molecular weight is 368 g/mol. The highest BCUT2D eigenvalue weighted by Crippen LogP contribution is 2.24. The van der Waals surface area contributed by atoms with Gasteiger partial charge in [0.15, 0.2) is 0 Å².